The molecule has 1 unspecified atom stereocenters. The van der Waals surface area contributed by atoms with E-state index in [1.807, 2.05) is 24.6 Å². The molecule has 0 spiro atoms. The number of hydrogen-bond acceptors (Lipinski definition) is 9. The fourth-order valence-corrected chi connectivity index (χ4v) is 7.12. The van der Waals surface area contributed by atoms with Gasteiger partial charge < -0.3 is 19.7 Å². The van der Waals surface area contributed by atoms with Crippen LogP contribution in [0.3, 0.4) is 0 Å². The molecule has 0 aliphatic carbocycles. The third-order valence-electron chi connectivity index (χ3n) is 6.18. The summed E-state index contributed by atoms with van der Waals surface area (Å²) in [5.41, 5.74) is 1.74. The van der Waals surface area contributed by atoms with Crippen molar-refractivity contribution in [3.05, 3.63) is 40.8 Å². The van der Waals surface area contributed by atoms with E-state index in [1.165, 1.54) is 26.2 Å². The number of carbonyl (C=O) groups excluding carboxylic acids is 4. The van der Waals surface area contributed by atoms with E-state index in [1.54, 1.807) is 38.1 Å². The highest BCUT2D eigenvalue weighted by Crippen LogP contribution is 2.36. The molecule has 0 fully saturated rings. The lowest BCUT2D eigenvalue weighted by molar-refractivity contribution is -0.156. The third-order valence-corrected chi connectivity index (χ3v) is 9.20. The molecule has 41 heavy (non-hydrogen) atoms. The van der Waals surface area contributed by atoms with Crippen LogP contribution in [0.2, 0.25) is 0 Å². The first-order chi connectivity index (χ1) is 19.2. The molecule has 0 saturated heterocycles. The smallest absolute Gasteiger partial charge is 0.328 e. The first-order valence-electron chi connectivity index (χ1n) is 13.1. The molecule has 1 heterocycles. The van der Waals surface area contributed by atoms with Gasteiger partial charge in [0, 0.05) is 30.5 Å². The van der Waals surface area contributed by atoms with Crippen LogP contribution in [0.25, 0.3) is 11.1 Å². The van der Waals surface area contributed by atoms with Gasteiger partial charge in [-0.1, -0.05) is 52.0 Å². The van der Waals surface area contributed by atoms with Crippen LogP contribution >= 0.6 is 11.3 Å². The Balaban J connectivity index is 2.47. The molecule has 2 aromatic rings. The molecule has 0 saturated carbocycles. The Morgan fingerprint density at radius 2 is 1.61 bits per heavy atom. The van der Waals surface area contributed by atoms with Crippen molar-refractivity contribution in [3.8, 4) is 11.1 Å². The van der Waals surface area contributed by atoms with Gasteiger partial charge in [0.1, 0.15) is 10.3 Å². The first kappa shape index (κ1) is 33.8. The summed E-state index contributed by atoms with van der Waals surface area (Å²) in [6.07, 6.45) is 0.394. The van der Waals surface area contributed by atoms with Crippen molar-refractivity contribution in [1.82, 2.24) is 14.9 Å². The van der Waals surface area contributed by atoms with Crippen LogP contribution in [0, 0.1) is 11.8 Å². The van der Waals surface area contributed by atoms with Crippen LogP contribution in [-0.2, 0) is 46.8 Å². The van der Waals surface area contributed by atoms with Crippen LogP contribution in [0.15, 0.2) is 34.5 Å². The van der Waals surface area contributed by atoms with Crippen LogP contribution < -0.4 is 10.0 Å². The summed E-state index contributed by atoms with van der Waals surface area (Å²) in [5.74, 6) is -1.50. The molecule has 2 rings (SSSR count). The number of methoxy groups -OCH3 is 2. The van der Waals surface area contributed by atoms with Gasteiger partial charge in [0.15, 0.2) is 0 Å². The Morgan fingerprint density at radius 1 is 0.976 bits per heavy atom. The summed E-state index contributed by atoms with van der Waals surface area (Å²) in [4.78, 5) is 51.5. The van der Waals surface area contributed by atoms with Gasteiger partial charge >= 0.3 is 18.0 Å². The number of sulfonamides is 1. The molecule has 226 valence electrons. The van der Waals surface area contributed by atoms with Crippen molar-refractivity contribution < 1.29 is 37.1 Å². The summed E-state index contributed by atoms with van der Waals surface area (Å²) in [5, 5.41) is 2.26. The van der Waals surface area contributed by atoms with Gasteiger partial charge in [-0.3, -0.25) is 9.59 Å². The van der Waals surface area contributed by atoms with E-state index in [0.29, 0.717) is 23.1 Å². The molecule has 11 nitrogen and oxygen atoms in total. The Hall–Kier alpha value is -3.45. The van der Waals surface area contributed by atoms with Gasteiger partial charge in [-0.2, -0.15) is 0 Å². The normalized spacial score (nSPS) is 12.1. The van der Waals surface area contributed by atoms with E-state index in [-0.39, 0.29) is 35.4 Å². The topological polar surface area (TPSA) is 148 Å². The predicted molar refractivity (Wildman–Crippen MR) is 156 cm³/mol. The van der Waals surface area contributed by atoms with E-state index in [2.05, 4.69) is 10.1 Å². The molecule has 1 aromatic carbocycles. The summed E-state index contributed by atoms with van der Waals surface area (Å²) in [6, 6.07) is 7.04. The molecule has 3 amide bonds. The number of thiophene rings is 1. The van der Waals surface area contributed by atoms with E-state index in [0.717, 1.165) is 16.2 Å². The minimum absolute atomic E-state index is 0.0228. The fraction of sp³-hybridized carbons (Fsp3) is 0.500. The second-order valence-electron chi connectivity index (χ2n) is 10.2. The SMILES string of the molecule is CNC(=O)NS(=O)(=O)c1sc(CC(C)C)cc1-c1ccc(CN(C(=O)CCC(=O)OC)C(C(=O)OC)C(C)C)cc1. The zero-order valence-corrected chi connectivity index (χ0v) is 26.1. The summed E-state index contributed by atoms with van der Waals surface area (Å²) in [7, 11) is -0.319. The van der Waals surface area contributed by atoms with Crippen molar-refractivity contribution in [1.29, 1.82) is 0 Å². The van der Waals surface area contributed by atoms with Crippen LogP contribution in [0.1, 0.15) is 51.0 Å². The number of carbonyl (C=O) groups is 4. The number of rotatable bonds is 13. The fourth-order valence-electron chi connectivity index (χ4n) is 4.21. The first-order valence-corrected chi connectivity index (χ1v) is 15.4. The highest BCUT2D eigenvalue weighted by molar-refractivity contribution is 7.92. The molecule has 0 bridgehead atoms. The van der Waals surface area contributed by atoms with Gasteiger partial charge in [-0.25, -0.2) is 22.7 Å². The Bertz CT molecular complexity index is 1330. The van der Waals surface area contributed by atoms with Crippen LogP contribution in [-0.4, -0.2) is 64.5 Å². The largest absolute Gasteiger partial charge is 0.469 e. The third kappa shape index (κ3) is 9.28. The molecule has 0 radical (unpaired) electrons. The lowest BCUT2D eigenvalue weighted by Crippen LogP contribution is -2.48. The molecule has 1 atom stereocenters. The zero-order chi connectivity index (χ0) is 30.9. The number of ether oxygens (including phenoxy) is 2. The molecular formula is C28H39N3O8S2. The van der Waals surface area contributed by atoms with Crippen molar-refractivity contribution >= 4 is 45.2 Å². The average Bonchev–Trinajstić information content (AvgIpc) is 3.34. The van der Waals surface area contributed by atoms with Gasteiger partial charge in [-0.15, -0.1) is 11.3 Å². The van der Waals surface area contributed by atoms with E-state index in [9.17, 15) is 27.6 Å². The zero-order valence-electron chi connectivity index (χ0n) is 24.5. The summed E-state index contributed by atoms with van der Waals surface area (Å²) in [6.45, 7) is 7.71. The van der Waals surface area contributed by atoms with Crippen molar-refractivity contribution in [3.63, 3.8) is 0 Å². The second-order valence-corrected chi connectivity index (χ2v) is 13.2. The lowest BCUT2D eigenvalue weighted by Gasteiger charge is -2.32. The maximum Gasteiger partial charge on any atom is 0.328 e. The van der Waals surface area contributed by atoms with Crippen LogP contribution in [0.5, 0.6) is 0 Å². The molecular weight excluding hydrogens is 570 g/mol. The van der Waals surface area contributed by atoms with Gasteiger partial charge in [0.25, 0.3) is 10.0 Å². The molecule has 0 aliphatic rings. The monoisotopic (exact) mass is 609 g/mol. The number of nitrogens with one attached hydrogen (secondary N) is 2. The number of hydrogen-bond donors (Lipinski definition) is 2. The summed E-state index contributed by atoms with van der Waals surface area (Å²) < 4.78 is 37.8. The molecule has 0 aliphatic heterocycles. The Morgan fingerprint density at radius 3 is 2.12 bits per heavy atom. The van der Waals surface area contributed by atoms with E-state index in [4.69, 9.17) is 4.74 Å². The van der Waals surface area contributed by atoms with Gasteiger partial charge in [-0.05, 0) is 35.4 Å². The van der Waals surface area contributed by atoms with Crippen LogP contribution in [0.4, 0.5) is 4.79 Å². The minimum Gasteiger partial charge on any atom is -0.469 e. The standard InChI is InChI=1S/C28H39N3O8S2/c1-17(2)14-21-15-22(27(40-21)41(36,37)30-28(35)29-5)20-10-8-19(9-11-20)16-31(23(32)12-13-24(33)38-6)25(18(3)4)26(34)39-7/h8-11,15,17-18,25H,12-14,16H2,1-7H3,(H2,29,30,35). The predicted octanol–water partition coefficient (Wildman–Crippen LogP) is 3.71. The number of esters is 2. The number of nitrogens with zero attached hydrogens (tertiary/aromatic N) is 1. The number of amides is 3. The van der Waals surface area contributed by atoms with Gasteiger partial charge in [0.05, 0.1) is 20.6 Å². The molecule has 1 aromatic heterocycles. The minimum atomic E-state index is -4.14. The highest BCUT2D eigenvalue weighted by atomic mass is 32.2. The van der Waals surface area contributed by atoms with Crippen molar-refractivity contribution in [2.45, 2.75) is 63.8 Å². The Kier molecular flexibility index (Phi) is 12.3. The Labute approximate surface area is 245 Å². The quantitative estimate of drug-likeness (QED) is 0.327. The molecule has 13 heteroatoms. The highest BCUT2D eigenvalue weighted by Gasteiger charge is 2.33. The maximum atomic E-state index is 13.2. The van der Waals surface area contributed by atoms with E-state index < -0.39 is 39.9 Å². The second kappa shape index (κ2) is 15.0. The maximum absolute atomic E-state index is 13.2. The van der Waals surface area contributed by atoms with Crippen molar-refractivity contribution in [2.24, 2.45) is 11.8 Å². The number of urea groups is 1. The lowest BCUT2D eigenvalue weighted by atomic mass is 10.00. The van der Waals surface area contributed by atoms with Gasteiger partial charge in [0.2, 0.25) is 5.91 Å². The number of benzene rings is 1. The van der Waals surface area contributed by atoms with Crippen molar-refractivity contribution in [2.75, 3.05) is 21.3 Å². The average molecular weight is 610 g/mol. The summed E-state index contributed by atoms with van der Waals surface area (Å²) >= 11 is 1.11. The molecule has 2 N–H and O–H groups in total. The van der Waals surface area contributed by atoms with E-state index >= 15 is 0 Å².